The van der Waals surface area contributed by atoms with E-state index in [0.717, 1.165) is 16.9 Å². The van der Waals surface area contributed by atoms with Gasteiger partial charge in [0.05, 0.1) is 5.02 Å². The first kappa shape index (κ1) is 13.3. The van der Waals surface area contributed by atoms with Gasteiger partial charge >= 0.3 is 6.18 Å². The van der Waals surface area contributed by atoms with Crippen molar-refractivity contribution in [3.8, 4) is 5.69 Å². The lowest BCUT2D eigenvalue weighted by molar-refractivity contribution is -0.141. The van der Waals surface area contributed by atoms with Crippen molar-refractivity contribution in [1.29, 1.82) is 0 Å². The number of aromatic nitrogens is 2. The highest BCUT2D eigenvalue weighted by Gasteiger charge is 2.33. The van der Waals surface area contributed by atoms with Gasteiger partial charge in [-0.2, -0.15) is 23.3 Å². The molecular formula is C11H5ClF3N3O. The van der Waals surface area contributed by atoms with Crippen LogP contribution in [0.15, 0.2) is 35.5 Å². The summed E-state index contributed by atoms with van der Waals surface area (Å²) >= 11 is 5.89. The Balaban J connectivity index is 2.59. The molecule has 0 amide bonds. The fourth-order valence-electron chi connectivity index (χ4n) is 1.47. The summed E-state index contributed by atoms with van der Waals surface area (Å²) in [4.78, 5) is 13.7. The fraction of sp³-hybridized carbons (Fsp3) is 0.0909. The van der Waals surface area contributed by atoms with Gasteiger partial charge in [-0.25, -0.2) is 9.48 Å². The molecular weight excluding hydrogens is 283 g/mol. The maximum absolute atomic E-state index is 12.5. The van der Waals surface area contributed by atoms with Crippen LogP contribution in [0.4, 0.5) is 18.9 Å². The summed E-state index contributed by atoms with van der Waals surface area (Å²) in [6, 6.07) is 5.19. The third-order valence-corrected chi connectivity index (χ3v) is 2.55. The number of isocyanates is 1. The van der Waals surface area contributed by atoms with Gasteiger partial charge in [-0.05, 0) is 18.2 Å². The van der Waals surface area contributed by atoms with Gasteiger partial charge in [0, 0.05) is 6.20 Å². The van der Waals surface area contributed by atoms with Crippen molar-refractivity contribution < 1.29 is 18.0 Å². The first-order valence-electron chi connectivity index (χ1n) is 4.93. The van der Waals surface area contributed by atoms with Crippen molar-refractivity contribution in [2.45, 2.75) is 6.18 Å². The molecule has 0 unspecified atom stereocenters. The molecule has 0 bridgehead atoms. The summed E-state index contributed by atoms with van der Waals surface area (Å²) in [7, 11) is 0. The van der Waals surface area contributed by atoms with Crippen LogP contribution in [0, 0.1) is 0 Å². The molecule has 2 rings (SSSR count). The first-order chi connectivity index (χ1) is 8.93. The van der Waals surface area contributed by atoms with Crippen molar-refractivity contribution >= 4 is 23.4 Å². The number of nitrogens with zero attached hydrogens (tertiary/aromatic N) is 3. The van der Waals surface area contributed by atoms with Crippen LogP contribution < -0.4 is 0 Å². The largest absolute Gasteiger partial charge is 0.435 e. The van der Waals surface area contributed by atoms with Crippen molar-refractivity contribution in [2.75, 3.05) is 0 Å². The van der Waals surface area contributed by atoms with E-state index in [4.69, 9.17) is 11.6 Å². The molecule has 19 heavy (non-hydrogen) atoms. The van der Waals surface area contributed by atoms with Crippen LogP contribution in [0.5, 0.6) is 0 Å². The van der Waals surface area contributed by atoms with Gasteiger partial charge < -0.3 is 0 Å². The molecule has 0 spiro atoms. The monoisotopic (exact) mass is 287 g/mol. The molecule has 1 aromatic heterocycles. The number of aliphatic imine (C=N–C) groups is 1. The van der Waals surface area contributed by atoms with E-state index in [1.54, 1.807) is 0 Å². The number of rotatable bonds is 2. The highest BCUT2D eigenvalue weighted by Crippen LogP contribution is 2.32. The molecule has 0 atom stereocenters. The van der Waals surface area contributed by atoms with E-state index in [9.17, 15) is 18.0 Å². The van der Waals surface area contributed by atoms with Crippen LogP contribution in [-0.4, -0.2) is 15.9 Å². The van der Waals surface area contributed by atoms with Gasteiger partial charge in [0.1, 0.15) is 11.4 Å². The van der Waals surface area contributed by atoms with Crippen LogP contribution in [0.3, 0.4) is 0 Å². The Bertz CT molecular complexity index is 659. The summed E-state index contributed by atoms with van der Waals surface area (Å²) in [5.41, 5.74) is -0.893. The Morgan fingerprint density at radius 1 is 1.32 bits per heavy atom. The highest BCUT2D eigenvalue weighted by atomic mass is 35.5. The number of carbonyl (C=O) groups excluding carboxylic acids is 1. The second kappa shape index (κ2) is 4.87. The molecule has 0 saturated carbocycles. The zero-order valence-corrected chi connectivity index (χ0v) is 9.90. The van der Waals surface area contributed by atoms with Crippen LogP contribution in [0.25, 0.3) is 5.69 Å². The Labute approximate surface area is 110 Å². The molecule has 1 heterocycles. The van der Waals surface area contributed by atoms with Crippen molar-refractivity contribution in [3.63, 3.8) is 0 Å². The standard InChI is InChI=1S/C11H5ClF3N3O/c12-7-2-1-3-8(16-6-19)10(7)18-5-4-9(17-18)11(13,14)15/h1-5H. The average Bonchev–Trinajstić information content (AvgIpc) is 2.78. The topological polar surface area (TPSA) is 47.2 Å². The van der Waals surface area contributed by atoms with E-state index in [1.165, 1.54) is 24.3 Å². The third-order valence-electron chi connectivity index (χ3n) is 2.24. The molecule has 0 N–H and O–H groups in total. The maximum Gasteiger partial charge on any atom is 0.435 e. The summed E-state index contributed by atoms with van der Waals surface area (Å²) in [5.74, 6) is 0. The number of alkyl halides is 3. The second-order valence-corrected chi connectivity index (χ2v) is 3.86. The van der Waals surface area contributed by atoms with Crippen molar-refractivity contribution in [2.24, 2.45) is 4.99 Å². The first-order valence-corrected chi connectivity index (χ1v) is 5.31. The second-order valence-electron chi connectivity index (χ2n) is 3.45. The molecule has 98 valence electrons. The van der Waals surface area contributed by atoms with E-state index < -0.39 is 11.9 Å². The van der Waals surface area contributed by atoms with Gasteiger partial charge in [0.2, 0.25) is 6.08 Å². The van der Waals surface area contributed by atoms with Gasteiger partial charge in [-0.1, -0.05) is 17.7 Å². The third kappa shape index (κ3) is 2.67. The maximum atomic E-state index is 12.5. The Morgan fingerprint density at radius 3 is 2.63 bits per heavy atom. The average molecular weight is 288 g/mol. The number of para-hydroxylation sites is 1. The van der Waals surface area contributed by atoms with Crippen LogP contribution in [0.1, 0.15) is 5.69 Å². The zero-order valence-electron chi connectivity index (χ0n) is 9.15. The van der Waals surface area contributed by atoms with E-state index in [2.05, 4.69) is 10.1 Å². The molecule has 0 radical (unpaired) electrons. The Morgan fingerprint density at radius 2 is 2.05 bits per heavy atom. The predicted octanol–water partition coefficient (Wildman–Crippen LogP) is 3.51. The fourth-order valence-corrected chi connectivity index (χ4v) is 1.73. The summed E-state index contributed by atoms with van der Waals surface area (Å²) < 4.78 is 38.3. The molecule has 8 heteroatoms. The lowest BCUT2D eigenvalue weighted by atomic mass is 10.2. The van der Waals surface area contributed by atoms with Gasteiger partial charge in [-0.15, -0.1) is 0 Å². The summed E-state index contributed by atoms with van der Waals surface area (Å²) in [6.45, 7) is 0. The highest BCUT2D eigenvalue weighted by molar-refractivity contribution is 6.32. The lowest BCUT2D eigenvalue weighted by Gasteiger charge is -2.07. The zero-order chi connectivity index (χ0) is 14.0. The smallest absolute Gasteiger partial charge is 0.237 e. The van der Waals surface area contributed by atoms with Crippen molar-refractivity contribution in [3.05, 3.63) is 41.2 Å². The molecule has 0 aliphatic heterocycles. The molecule has 0 aliphatic carbocycles. The molecule has 0 aliphatic rings. The van der Waals surface area contributed by atoms with Crippen LogP contribution >= 0.6 is 11.6 Å². The molecule has 1 aromatic carbocycles. The van der Waals surface area contributed by atoms with Crippen LogP contribution in [0.2, 0.25) is 5.02 Å². The molecule has 0 fully saturated rings. The number of halogens is 4. The van der Waals surface area contributed by atoms with E-state index >= 15 is 0 Å². The lowest BCUT2D eigenvalue weighted by Crippen LogP contribution is -2.07. The van der Waals surface area contributed by atoms with Gasteiger partial charge in [-0.3, -0.25) is 0 Å². The van der Waals surface area contributed by atoms with Crippen molar-refractivity contribution in [1.82, 2.24) is 9.78 Å². The number of hydrogen-bond donors (Lipinski definition) is 0. The number of hydrogen-bond acceptors (Lipinski definition) is 3. The predicted molar refractivity (Wildman–Crippen MR) is 61.4 cm³/mol. The van der Waals surface area contributed by atoms with E-state index in [0.29, 0.717) is 0 Å². The summed E-state index contributed by atoms with van der Waals surface area (Å²) in [6.07, 6.45) is -2.15. The number of benzene rings is 1. The molecule has 0 saturated heterocycles. The van der Waals surface area contributed by atoms with Gasteiger partial charge in [0.15, 0.2) is 5.69 Å². The SMILES string of the molecule is O=C=Nc1cccc(Cl)c1-n1ccc(C(F)(F)F)n1. The minimum absolute atomic E-state index is 0.0827. The summed E-state index contributed by atoms with van der Waals surface area (Å²) in [5, 5.41) is 3.49. The van der Waals surface area contributed by atoms with Crippen LogP contribution in [-0.2, 0) is 11.0 Å². The van der Waals surface area contributed by atoms with E-state index in [-0.39, 0.29) is 16.4 Å². The normalized spacial score (nSPS) is 11.2. The quantitative estimate of drug-likeness (QED) is 0.627. The minimum Gasteiger partial charge on any atom is -0.237 e. The van der Waals surface area contributed by atoms with E-state index in [1.807, 2.05) is 0 Å². The molecule has 4 nitrogen and oxygen atoms in total. The van der Waals surface area contributed by atoms with Gasteiger partial charge in [0.25, 0.3) is 0 Å². The Hall–Kier alpha value is -2.11. The Kier molecular flexibility index (Phi) is 3.42. The minimum atomic E-state index is -4.55. The molecule has 2 aromatic rings.